The Kier molecular flexibility index (Phi) is 5.06. The van der Waals surface area contributed by atoms with Gasteiger partial charge in [0.25, 0.3) is 5.69 Å². The highest BCUT2D eigenvalue weighted by Gasteiger charge is 2.10. The molecule has 0 saturated heterocycles. The second kappa shape index (κ2) is 6.32. The van der Waals surface area contributed by atoms with Crippen molar-refractivity contribution in [3.63, 3.8) is 0 Å². The number of hydroxylamine groups is 1. The van der Waals surface area contributed by atoms with Crippen LogP contribution in [0.3, 0.4) is 0 Å². The number of nitro groups is 1. The molecule has 0 unspecified atom stereocenters. The van der Waals surface area contributed by atoms with Crippen molar-refractivity contribution in [3.8, 4) is 0 Å². The molecule has 0 heterocycles. The van der Waals surface area contributed by atoms with Crippen LogP contribution in [-0.2, 0) is 11.4 Å². The maximum atomic E-state index is 10.7. The monoisotopic (exact) mass is 238 g/mol. The Bertz CT molecular complexity index is 391. The number of benzene rings is 1. The van der Waals surface area contributed by atoms with E-state index >= 15 is 0 Å². The van der Waals surface area contributed by atoms with E-state index in [1.807, 2.05) is 6.07 Å². The molecular weight excluding hydrogens is 220 g/mol. The fraction of sp³-hybridized carbons (Fsp3) is 0.500. The Balaban J connectivity index is 2.54. The van der Waals surface area contributed by atoms with E-state index in [4.69, 9.17) is 4.84 Å². The SMILES string of the molecule is Cc1ccc(CNOCC(C)C)cc1[N+](=O)[O-]. The number of aryl methyl sites for hydroxylation is 1. The molecule has 0 bridgehead atoms. The van der Waals surface area contributed by atoms with Crippen molar-refractivity contribution in [2.24, 2.45) is 5.92 Å². The van der Waals surface area contributed by atoms with Crippen molar-refractivity contribution in [2.75, 3.05) is 6.61 Å². The minimum atomic E-state index is -0.367. The van der Waals surface area contributed by atoms with Gasteiger partial charge in [-0.05, 0) is 18.4 Å². The van der Waals surface area contributed by atoms with E-state index in [1.54, 1.807) is 19.1 Å². The maximum Gasteiger partial charge on any atom is 0.272 e. The number of nitro benzene ring substituents is 1. The van der Waals surface area contributed by atoms with Gasteiger partial charge in [0.05, 0.1) is 11.5 Å². The van der Waals surface area contributed by atoms with Crippen LogP contribution in [0, 0.1) is 23.0 Å². The molecule has 0 saturated carbocycles. The standard InChI is InChI=1S/C12H18N2O3/c1-9(2)8-17-13-7-11-5-4-10(3)12(6-11)14(15)16/h4-6,9,13H,7-8H2,1-3H3. The summed E-state index contributed by atoms with van der Waals surface area (Å²) in [4.78, 5) is 15.6. The van der Waals surface area contributed by atoms with Gasteiger partial charge in [0.1, 0.15) is 0 Å². The zero-order chi connectivity index (χ0) is 12.8. The summed E-state index contributed by atoms with van der Waals surface area (Å²) in [5.41, 5.74) is 4.45. The van der Waals surface area contributed by atoms with Gasteiger partial charge in [-0.3, -0.25) is 10.1 Å². The summed E-state index contributed by atoms with van der Waals surface area (Å²) < 4.78 is 0. The quantitative estimate of drug-likeness (QED) is 0.470. The second-order valence-electron chi connectivity index (χ2n) is 4.40. The Morgan fingerprint density at radius 1 is 1.47 bits per heavy atom. The molecular formula is C12H18N2O3. The van der Waals surface area contributed by atoms with Crippen LogP contribution in [-0.4, -0.2) is 11.5 Å². The average molecular weight is 238 g/mol. The van der Waals surface area contributed by atoms with E-state index in [2.05, 4.69) is 19.3 Å². The molecule has 5 nitrogen and oxygen atoms in total. The van der Waals surface area contributed by atoms with Crippen molar-refractivity contribution in [1.82, 2.24) is 5.48 Å². The van der Waals surface area contributed by atoms with E-state index in [-0.39, 0.29) is 10.6 Å². The van der Waals surface area contributed by atoms with Crippen LogP contribution in [0.4, 0.5) is 5.69 Å². The van der Waals surface area contributed by atoms with Crippen LogP contribution in [0.1, 0.15) is 25.0 Å². The van der Waals surface area contributed by atoms with Crippen molar-refractivity contribution in [2.45, 2.75) is 27.3 Å². The summed E-state index contributed by atoms with van der Waals surface area (Å²) in [5, 5.41) is 10.7. The molecule has 0 aliphatic heterocycles. The molecule has 0 aliphatic rings. The number of nitrogens with zero attached hydrogens (tertiary/aromatic N) is 1. The lowest BCUT2D eigenvalue weighted by molar-refractivity contribution is -0.385. The fourth-order valence-corrected chi connectivity index (χ4v) is 1.32. The van der Waals surface area contributed by atoms with Crippen molar-refractivity contribution in [3.05, 3.63) is 39.4 Å². The van der Waals surface area contributed by atoms with Crippen molar-refractivity contribution < 1.29 is 9.76 Å². The summed E-state index contributed by atoms with van der Waals surface area (Å²) in [6.07, 6.45) is 0. The highest BCUT2D eigenvalue weighted by atomic mass is 16.6. The molecule has 1 aromatic rings. The summed E-state index contributed by atoms with van der Waals surface area (Å²) in [5.74, 6) is 0.454. The van der Waals surface area contributed by atoms with Gasteiger partial charge in [0.15, 0.2) is 0 Å². The van der Waals surface area contributed by atoms with Crippen LogP contribution in [0.25, 0.3) is 0 Å². The van der Waals surface area contributed by atoms with E-state index < -0.39 is 0 Å². The zero-order valence-corrected chi connectivity index (χ0v) is 10.4. The number of hydrogen-bond donors (Lipinski definition) is 1. The Labute approximate surface area is 101 Å². The van der Waals surface area contributed by atoms with Crippen LogP contribution < -0.4 is 5.48 Å². The molecule has 17 heavy (non-hydrogen) atoms. The number of hydrogen-bond acceptors (Lipinski definition) is 4. The third kappa shape index (κ3) is 4.50. The van der Waals surface area contributed by atoms with Gasteiger partial charge in [-0.2, -0.15) is 5.48 Å². The minimum Gasteiger partial charge on any atom is -0.301 e. The van der Waals surface area contributed by atoms with Gasteiger partial charge >= 0.3 is 0 Å². The molecule has 0 spiro atoms. The molecule has 5 heteroatoms. The first-order valence-electron chi connectivity index (χ1n) is 5.59. The Morgan fingerprint density at radius 3 is 2.76 bits per heavy atom. The molecule has 1 N–H and O–H groups in total. The molecule has 0 radical (unpaired) electrons. The first kappa shape index (κ1) is 13.6. The third-order valence-corrected chi connectivity index (χ3v) is 2.27. The van der Waals surface area contributed by atoms with Gasteiger partial charge in [-0.1, -0.05) is 26.0 Å². The summed E-state index contributed by atoms with van der Waals surface area (Å²) in [6, 6.07) is 5.17. The molecule has 0 atom stereocenters. The second-order valence-corrected chi connectivity index (χ2v) is 4.40. The topological polar surface area (TPSA) is 64.4 Å². The maximum absolute atomic E-state index is 10.7. The summed E-state index contributed by atoms with van der Waals surface area (Å²) in [7, 11) is 0. The molecule has 1 rings (SSSR count). The van der Waals surface area contributed by atoms with Gasteiger partial charge in [0, 0.05) is 18.2 Å². The first-order valence-corrected chi connectivity index (χ1v) is 5.59. The van der Waals surface area contributed by atoms with Crippen molar-refractivity contribution in [1.29, 1.82) is 0 Å². The van der Waals surface area contributed by atoms with Gasteiger partial charge in [0.2, 0.25) is 0 Å². The normalized spacial score (nSPS) is 10.8. The van der Waals surface area contributed by atoms with E-state index in [1.165, 1.54) is 0 Å². The first-order chi connectivity index (χ1) is 8.00. The van der Waals surface area contributed by atoms with Crippen molar-refractivity contribution >= 4 is 5.69 Å². The molecule has 1 aromatic carbocycles. The van der Waals surface area contributed by atoms with E-state index in [9.17, 15) is 10.1 Å². The van der Waals surface area contributed by atoms with Crippen LogP contribution in [0.5, 0.6) is 0 Å². The predicted molar refractivity (Wildman–Crippen MR) is 65.5 cm³/mol. The largest absolute Gasteiger partial charge is 0.301 e. The molecule has 0 amide bonds. The summed E-state index contributed by atoms with van der Waals surface area (Å²) in [6.45, 7) is 6.92. The Hall–Kier alpha value is -1.46. The molecule has 94 valence electrons. The van der Waals surface area contributed by atoms with Gasteiger partial charge in [-0.25, -0.2) is 0 Å². The lowest BCUT2D eigenvalue weighted by Gasteiger charge is -2.08. The third-order valence-electron chi connectivity index (χ3n) is 2.27. The number of nitrogens with one attached hydrogen (secondary N) is 1. The average Bonchev–Trinajstić information content (AvgIpc) is 2.25. The van der Waals surface area contributed by atoms with Crippen LogP contribution in [0.15, 0.2) is 18.2 Å². The molecule has 0 aromatic heterocycles. The smallest absolute Gasteiger partial charge is 0.272 e. The molecule has 0 aliphatic carbocycles. The van der Waals surface area contributed by atoms with E-state index in [0.717, 1.165) is 5.56 Å². The Morgan fingerprint density at radius 2 is 2.18 bits per heavy atom. The zero-order valence-electron chi connectivity index (χ0n) is 10.4. The minimum absolute atomic E-state index is 0.146. The highest BCUT2D eigenvalue weighted by molar-refractivity contribution is 5.42. The van der Waals surface area contributed by atoms with Gasteiger partial charge < -0.3 is 4.84 Å². The lowest BCUT2D eigenvalue weighted by Crippen LogP contribution is -2.17. The summed E-state index contributed by atoms with van der Waals surface area (Å²) >= 11 is 0. The van der Waals surface area contributed by atoms with E-state index in [0.29, 0.717) is 24.6 Å². The fourth-order valence-electron chi connectivity index (χ4n) is 1.32. The highest BCUT2D eigenvalue weighted by Crippen LogP contribution is 2.18. The molecule has 0 fully saturated rings. The lowest BCUT2D eigenvalue weighted by atomic mass is 10.1. The number of rotatable bonds is 6. The van der Waals surface area contributed by atoms with Gasteiger partial charge in [-0.15, -0.1) is 0 Å². The predicted octanol–water partition coefficient (Wildman–Crippen LogP) is 2.58. The van der Waals surface area contributed by atoms with Crippen LogP contribution >= 0.6 is 0 Å². The van der Waals surface area contributed by atoms with Crippen LogP contribution in [0.2, 0.25) is 0 Å².